The number of hydrazine groups is 1. The molecule has 4 N–H and O–H groups in total. The lowest BCUT2D eigenvalue weighted by atomic mass is 9.95. The molecule has 34 heavy (non-hydrogen) atoms. The number of aryl methyl sites for hydroxylation is 2. The van der Waals surface area contributed by atoms with Gasteiger partial charge in [-0.2, -0.15) is 0 Å². The van der Waals surface area contributed by atoms with Crippen LogP contribution in [0.5, 0.6) is 5.75 Å². The average molecular weight is 481 g/mol. The van der Waals surface area contributed by atoms with Gasteiger partial charge < -0.3 is 10.4 Å². The summed E-state index contributed by atoms with van der Waals surface area (Å²) in [4.78, 5) is 12.9. The van der Waals surface area contributed by atoms with Gasteiger partial charge in [0.1, 0.15) is 11.8 Å². The van der Waals surface area contributed by atoms with Crippen LogP contribution >= 0.6 is 0 Å². The van der Waals surface area contributed by atoms with Crippen LogP contribution in [0, 0.1) is 13.8 Å². The number of carbonyl (C=O) groups excluding carboxylic acids is 1. The lowest BCUT2D eigenvalue weighted by molar-refractivity contribution is -0.117. The van der Waals surface area contributed by atoms with Crippen LogP contribution < -0.4 is 20.5 Å². The average Bonchev–Trinajstić information content (AvgIpc) is 3.28. The van der Waals surface area contributed by atoms with Crippen molar-refractivity contribution >= 4 is 27.3 Å². The van der Waals surface area contributed by atoms with E-state index >= 15 is 0 Å². The number of amides is 1. The lowest BCUT2D eigenvalue weighted by Crippen LogP contribution is -2.39. The molecule has 1 amide bonds. The van der Waals surface area contributed by atoms with Gasteiger partial charge in [-0.1, -0.05) is 24.3 Å². The number of anilines is 2. The second-order valence-corrected chi connectivity index (χ2v) is 10.4. The molecule has 0 saturated carbocycles. The quantitative estimate of drug-likeness (QED) is 0.431. The van der Waals surface area contributed by atoms with Gasteiger partial charge in [0.2, 0.25) is 5.91 Å². The van der Waals surface area contributed by atoms with Crippen LogP contribution in [0.15, 0.2) is 71.6 Å². The Morgan fingerprint density at radius 3 is 2.35 bits per heavy atom. The number of aromatic hydroxyl groups is 1. The third kappa shape index (κ3) is 4.77. The number of para-hydroxylation sites is 1. The predicted octanol–water partition coefficient (Wildman–Crippen LogP) is 3.38. The molecule has 0 aliphatic carbocycles. The molecule has 1 fully saturated rings. The summed E-state index contributed by atoms with van der Waals surface area (Å²) in [6.45, 7) is 3.85. The van der Waals surface area contributed by atoms with Crippen molar-refractivity contribution in [1.29, 1.82) is 0 Å². The summed E-state index contributed by atoms with van der Waals surface area (Å²) in [5.74, 6) is -0.0496. The molecule has 3 aromatic carbocycles. The Kier molecular flexibility index (Phi) is 6.60. The van der Waals surface area contributed by atoms with Crippen LogP contribution in [0.4, 0.5) is 11.4 Å². The first-order valence-corrected chi connectivity index (χ1v) is 12.4. The predicted molar refractivity (Wildman–Crippen MR) is 132 cm³/mol. The monoisotopic (exact) mass is 480 g/mol. The van der Waals surface area contributed by atoms with Gasteiger partial charge in [-0.05, 0) is 73.9 Å². The van der Waals surface area contributed by atoms with Gasteiger partial charge in [0, 0.05) is 18.3 Å². The minimum Gasteiger partial charge on any atom is -0.508 e. The molecule has 0 spiro atoms. The van der Waals surface area contributed by atoms with Crippen molar-refractivity contribution in [3.63, 3.8) is 0 Å². The van der Waals surface area contributed by atoms with Crippen LogP contribution in [-0.4, -0.2) is 32.5 Å². The van der Waals surface area contributed by atoms with E-state index < -0.39 is 16.1 Å². The molecule has 8 nitrogen and oxygen atoms in total. The third-order valence-corrected chi connectivity index (χ3v) is 7.78. The van der Waals surface area contributed by atoms with E-state index in [-0.39, 0.29) is 22.6 Å². The Morgan fingerprint density at radius 2 is 1.71 bits per heavy atom. The SMILES string of the molecule is Cc1cc(C)c(C2CC(C(=O)Nc3ccc(S(=O)(=O)N(C)c4ccccc4)cc3)NN2)c(O)c1. The standard InChI is InChI=1S/C25H28N4O4S/c1-16-13-17(2)24(23(30)14-16)21-15-22(28-27-21)25(31)26-18-9-11-20(12-10-18)34(32,33)29(3)19-7-5-4-6-8-19/h4-14,21-22,27-28,30H,15H2,1-3H3,(H,26,31). The lowest BCUT2D eigenvalue weighted by Gasteiger charge is -2.19. The van der Waals surface area contributed by atoms with Crippen LogP contribution in [0.3, 0.4) is 0 Å². The fourth-order valence-electron chi connectivity index (χ4n) is 4.20. The Balaban J connectivity index is 1.42. The number of phenolic OH excluding ortho intramolecular Hbond substituents is 1. The van der Waals surface area contributed by atoms with Crippen molar-refractivity contribution in [2.75, 3.05) is 16.7 Å². The fourth-order valence-corrected chi connectivity index (χ4v) is 5.40. The molecule has 1 saturated heterocycles. The van der Waals surface area contributed by atoms with Gasteiger partial charge in [-0.15, -0.1) is 0 Å². The van der Waals surface area contributed by atoms with Crippen molar-refractivity contribution < 1.29 is 18.3 Å². The van der Waals surface area contributed by atoms with E-state index in [1.165, 1.54) is 23.5 Å². The van der Waals surface area contributed by atoms with Crippen LogP contribution in [0.1, 0.15) is 29.2 Å². The van der Waals surface area contributed by atoms with Crippen molar-refractivity contribution in [3.05, 3.63) is 83.4 Å². The Bertz CT molecular complexity index is 1270. The van der Waals surface area contributed by atoms with Gasteiger partial charge in [0.25, 0.3) is 10.0 Å². The van der Waals surface area contributed by atoms with E-state index in [4.69, 9.17) is 0 Å². The zero-order valence-electron chi connectivity index (χ0n) is 19.2. The highest BCUT2D eigenvalue weighted by molar-refractivity contribution is 7.92. The van der Waals surface area contributed by atoms with Crippen LogP contribution in [0.25, 0.3) is 0 Å². The third-order valence-electron chi connectivity index (χ3n) is 5.98. The molecule has 9 heteroatoms. The maximum Gasteiger partial charge on any atom is 0.264 e. The fraction of sp³-hybridized carbons (Fsp3) is 0.240. The normalized spacial score (nSPS) is 18.0. The Morgan fingerprint density at radius 1 is 1.03 bits per heavy atom. The van der Waals surface area contributed by atoms with Gasteiger partial charge in [0.05, 0.1) is 16.6 Å². The molecule has 178 valence electrons. The summed E-state index contributed by atoms with van der Waals surface area (Å²) in [7, 11) is -2.22. The van der Waals surface area contributed by atoms with E-state index in [0.717, 1.165) is 16.7 Å². The summed E-state index contributed by atoms with van der Waals surface area (Å²) < 4.78 is 27.1. The molecule has 0 bridgehead atoms. The van der Waals surface area contributed by atoms with Crippen molar-refractivity contribution in [2.24, 2.45) is 0 Å². The molecule has 0 aromatic heterocycles. The molecule has 2 unspecified atom stereocenters. The molecule has 2 atom stereocenters. The van der Waals surface area contributed by atoms with E-state index in [0.29, 0.717) is 17.8 Å². The number of hydrogen-bond donors (Lipinski definition) is 4. The molecule has 1 aliphatic rings. The Labute approximate surface area is 199 Å². The van der Waals surface area contributed by atoms with Crippen LogP contribution in [-0.2, 0) is 14.8 Å². The summed E-state index contributed by atoms with van der Waals surface area (Å²) >= 11 is 0. The zero-order valence-corrected chi connectivity index (χ0v) is 20.1. The minimum atomic E-state index is -3.73. The summed E-state index contributed by atoms with van der Waals surface area (Å²) in [5.41, 5.74) is 9.82. The van der Waals surface area contributed by atoms with Crippen molar-refractivity contribution in [2.45, 2.75) is 37.2 Å². The molecule has 0 radical (unpaired) electrons. The van der Waals surface area contributed by atoms with Crippen LogP contribution in [0.2, 0.25) is 0 Å². The highest BCUT2D eigenvalue weighted by atomic mass is 32.2. The highest BCUT2D eigenvalue weighted by Gasteiger charge is 2.32. The van der Waals surface area contributed by atoms with Crippen molar-refractivity contribution in [3.8, 4) is 5.75 Å². The first-order valence-electron chi connectivity index (χ1n) is 10.9. The smallest absolute Gasteiger partial charge is 0.264 e. The van der Waals surface area contributed by atoms with Crippen molar-refractivity contribution in [1.82, 2.24) is 10.9 Å². The maximum atomic E-state index is 12.9. The first-order chi connectivity index (χ1) is 16.2. The molecule has 4 rings (SSSR count). The molecular formula is C25H28N4O4S. The Hall–Kier alpha value is -3.40. The number of phenols is 1. The minimum absolute atomic E-state index is 0.128. The molecule has 1 aliphatic heterocycles. The van der Waals surface area contributed by atoms with E-state index in [2.05, 4.69) is 16.2 Å². The zero-order chi connectivity index (χ0) is 24.5. The number of rotatable bonds is 6. The van der Waals surface area contributed by atoms with Gasteiger partial charge in [0.15, 0.2) is 0 Å². The topological polar surface area (TPSA) is 111 Å². The second kappa shape index (κ2) is 9.46. The summed E-state index contributed by atoms with van der Waals surface area (Å²) in [6, 6.07) is 17.9. The highest BCUT2D eigenvalue weighted by Crippen LogP contribution is 2.33. The summed E-state index contributed by atoms with van der Waals surface area (Å²) in [5, 5.41) is 13.2. The van der Waals surface area contributed by atoms with Gasteiger partial charge >= 0.3 is 0 Å². The number of sulfonamides is 1. The number of hydrogen-bond acceptors (Lipinski definition) is 6. The second-order valence-electron chi connectivity index (χ2n) is 8.47. The maximum absolute atomic E-state index is 12.9. The molecular weight excluding hydrogens is 452 g/mol. The van der Waals surface area contributed by atoms with E-state index in [9.17, 15) is 18.3 Å². The number of carbonyl (C=O) groups is 1. The first kappa shape index (κ1) is 23.7. The van der Waals surface area contributed by atoms with E-state index in [1.807, 2.05) is 26.0 Å². The number of nitrogens with zero attached hydrogens (tertiary/aromatic N) is 1. The number of nitrogens with one attached hydrogen (secondary N) is 3. The van der Waals surface area contributed by atoms with Gasteiger partial charge in [-0.25, -0.2) is 19.3 Å². The largest absolute Gasteiger partial charge is 0.508 e. The summed E-state index contributed by atoms with van der Waals surface area (Å²) in [6.07, 6.45) is 0.456. The molecule has 3 aromatic rings. The molecule has 1 heterocycles. The number of benzene rings is 3. The van der Waals surface area contributed by atoms with E-state index in [1.54, 1.807) is 42.5 Å². The van der Waals surface area contributed by atoms with Gasteiger partial charge in [-0.3, -0.25) is 9.10 Å².